The van der Waals surface area contributed by atoms with Crippen molar-refractivity contribution in [3.8, 4) is 34.4 Å². The lowest BCUT2D eigenvalue weighted by Gasteiger charge is -2.28. The average molecular weight is 523 g/mol. The maximum Gasteiger partial charge on any atom is 0.255 e. The molecular formula is C27H30N4O5S. The maximum atomic E-state index is 13.6. The Morgan fingerprint density at radius 3 is 2.86 bits per heavy atom. The highest BCUT2D eigenvalue weighted by atomic mass is 32.1. The molecule has 3 heterocycles. The Kier molecular flexibility index (Phi) is 8.14. The first-order valence-electron chi connectivity index (χ1n) is 12.1. The number of nitrogens with one attached hydrogen (secondary N) is 1. The Bertz CT molecular complexity index is 1310. The number of hydrogen-bond donors (Lipinski definition) is 2. The molecule has 2 N–H and O–H groups in total. The standard InChI is InChI=1S/C27H30N4O5S/c1-5-11-35-23-13-22(36-30-23)24(16(2)3)27(34)31-10-6-7-20(31)26(33)28-14-19-9-8-18(12-21(19)32)25-17(4)29-15-37-25/h1,8-9,12-13,15-16,20,24,32H,6-7,10-11,14H2,2-4H3,(H,28,33). The molecule has 1 saturated heterocycles. The molecule has 37 heavy (non-hydrogen) atoms. The van der Waals surface area contributed by atoms with Gasteiger partial charge in [0.25, 0.3) is 5.88 Å². The van der Waals surface area contributed by atoms with Crippen LogP contribution in [0.3, 0.4) is 0 Å². The van der Waals surface area contributed by atoms with E-state index in [2.05, 4.69) is 21.4 Å². The van der Waals surface area contributed by atoms with Gasteiger partial charge in [-0.1, -0.05) is 31.9 Å². The van der Waals surface area contributed by atoms with Crippen molar-refractivity contribution < 1.29 is 24.0 Å². The lowest BCUT2D eigenvalue weighted by molar-refractivity contribution is -0.140. The second-order valence-corrected chi connectivity index (χ2v) is 10.2. The molecule has 0 radical (unpaired) electrons. The number of amides is 2. The van der Waals surface area contributed by atoms with E-state index in [1.807, 2.05) is 26.8 Å². The first kappa shape index (κ1) is 26.2. The number of aromatic nitrogens is 2. The van der Waals surface area contributed by atoms with E-state index in [0.717, 1.165) is 22.6 Å². The third-order valence-electron chi connectivity index (χ3n) is 6.43. The molecule has 194 valence electrons. The van der Waals surface area contributed by atoms with Gasteiger partial charge >= 0.3 is 0 Å². The summed E-state index contributed by atoms with van der Waals surface area (Å²) in [5.74, 6) is 1.89. The molecule has 2 amide bonds. The summed E-state index contributed by atoms with van der Waals surface area (Å²) in [4.78, 5) is 33.6. The van der Waals surface area contributed by atoms with Crippen LogP contribution >= 0.6 is 11.3 Å². The van der Waals surface area contributed by atoms with Gasteiger partial charge in [0, 0.05) is 24.7 Å². The predicted molar refractivity (Wildman–Crippen MR) is 139 cm³/mol. The van der Waals surface area contributed by atoms with Crippen LogP contribution in [0.2, 0.25) is 0 Å². The number of carbonyl (C=O) groups is 2. The lowest BCUT2D eigenvalue weighted by atomic mass is 9.91. The fourth-order valence-electron chi connectivity index (χ4n) is 4.55. The van der Waals surface area contributed by atoms with Crippen LogP contribution < -0.4 is 10.1 Å². The summed E-state index contributed by atoms with van der Waals surface area (Å²) >= 11 is 1.51. The van der Waals surface area contributed by atoms with Crippen molar-refractivity contribution in [1.82, 2.24) is 20.4 Å². The van der Waals surface area contributed by atoms with E-state index < -0.39 is 12.0 Å². The number of carbonyl (C=O) groups excluding carboxylic acids is 2. The summed E-state index contributed by atoms with van der Waals surface area (Å²) in [7, 11) is 0. The van der Waals surface area contributed by atoms with Gasteiger partial charge in [0.05, 0.1) is 16.1 Å². The molecule has 10 heteroatoms. The summed E-state index contributed by atoms with van der Waals surface area (Å²) in [6.07, 6.45) is 6.50. The topological polar surface area (TPSA) is 118 Å². The van der Waals surface area contributed by atoms with Gasteiger partial charge in [0.1, 0.15) is 17.7 Å². The summed E-state index contributed by atoms with van der Waals surface area (Å²) in [6.45, 7) is 6.42. The second kappa shape index (κ2) is 11.5. The molecule has 1 aliphatic rings. The number of rotatable bonds is 9. The number of thiazole rings is 1. The molecule has 9 nitrogen and oxygen atoms in total. The van der Waals surface area contributed by atoms with Crippen LogP contribution in [0, 0.1) is 25.2 Å². The molecule has 0 aliphatic carbocycles. The Morgan fingerprint density at radius 2 is 2.19 bits per heavy atom. The van der Waals surface area contributed by atoms with E-state index in [1.54, 1.807) is 28.6 Å². The normalized spacial score (nSPS) is 16.0. The van der Waals surface area contributed by atoms with Crippen LogP contribution in [0.25, 0.3) is 10.4 Å². The third-order valence-corrected chi connectivity index (χ3v) is 7.41. The van der Waals surface area contributed by atoms with E-state index in [4.69, 9.17) is 15.7 Å². The highest BCUT2D eigenvalue weighted by molar-refractivity contribution is 7.13. The number of phenols is 1. The predicted octanol–water partition coefficient (Wildman–Crippen LogP) is 3.87. The Balaban J connectivity index is 1.42. The summed E-state index contributed by atoms with van der Waals surface area (Å²) in [6, 6.07) is 6.35. The van der Waals surface area contributed by atoms with E-state index in [1.165, 1.54) is 11.3 Å². The molecule has 2 atom stereocenters. The number of aromatic hydroxyl groups is 1. The number of ether oxygens (including phenoxy) is 1. The van der Waals surface area contributed by atoms with Crippen molar-refractivity contribution in [2.45, 2.75) is 52.1 Å². The van der Waals surface area contributed by atoms with Gasteiger partial charge in [-0.2, -0.15) is 0 Å². The van der Waals surface area contributed by atoms with Gasteiger partial charge in [0.2, 0.25) is 11.8 Å². The van der Waals surface area contributed by atoms with Gasteiger partial charge in [-0.25, -0.2) is 4.98 Å². The van der Waals surface area contributed by atoms with Crippen LogP contribution in [0.5, 0.6) is 11.6 Å². The van der Waals surface area contributed by atoms with Crippen molar-refractivity contribution in [3.63, 3.8) is 0 Å². The quantitative estimate of drug-likeness (QED) is 0.410. The van der Waals surface area contributed by atoms with Crippen LogP contribution in [0.4, 0.5) is 0 Å². The van der Waals surface area contributed by atoms with E-state index in [-0.39, 0.29) is 42.5 Å². The minimum absolute atomic E-state index is 0.0454. The van der Waals surface area contributed by atoms with Gasteiger partial charge < -0.3 is 24.6 Å². The van der Waals surface area contributed by atoms with Gasteiger partial charge in [0.15, 0.2) is 12.4 Å². The number of benzene rings is 1. The Morgan fingerprint density at radius 1 is 1.38 bits per heavy atom. The smallest absolute Gasteiger partial charge is 0.255 e. The summed E-state index contributed by atoms with van der Waals surface area (Å²) < 4.78 is 10.7. The molecule has 0 spiro atoms. The molecule has 0 bridgehead atoms. The fourth-order valence-corrected chi connectivity index (χ4v) is 5.36. The van der Waals surface area contributed by atoms with E-state index >= 15 is 0 Å². The highest BCUT2D eigenvalue weighted by Gasteiger charge is 2.40. The van der Waals surface area contributed by atoms with Crippen molar-refractivity contribution in [2.24, 2.45) is 5.92 Å². The molecule has 2 aromatic heterocycles. The molecule has 1 fully saturated rings. The first-order valence-corrected chi connectivity index (χ1v) is 13.0. The molecule has 1 aromatic carbocycles. The molecule has 4 rings (SSSR count). The Labute approximate surface area is 219 Å². The van der Waals surface area contributed by atoms with Gasteiger partial charge in [-0.3, -0.25) is 9.59 Å². The Hall–Kier alpha value is -3.84. The highest BCUT2D eigenvalue weighted by Crippen LogP contribution is 2.33. The number of likely N-dealkylation sites (tertiary alicyclic amines) is 1. The monoisotopic (exact) mass is 522 g/mol. The first-order chi connectivity index (χ1) is 17.8. The van der Waals surface area contributed by atoms with Crippen molar-refractivity contribution in [3.05, 3.63) is 46.8 Å². The molecule has 1 aliphatic heterocycles. The van der Waals surface area contributed by atoms with Crippen LogP contribution in [-0.2, 0) is 16.1 Å². The molecule has 2 unspecified atom stereocenters. The second-order valence-electron chi connectivity index (χ2n) is 9.30. The number of terminal acetylenes is 1. The number of hydrogen-bond acceptors (Lipinski definition) is 8. The zero-order valence-corrected chi connectivity index (χ0v) is 21.9. The number of phenolic OH excluding ortho intramolecular Hbond substituents is 1. The fraction of sp³-hybridized carbons (Fsp3) is 0.407. The minimum atomic E-state index is -0.615. The van der Waals surface area contributed by atoms with Crippen molar-refractivity contribution >= 4 is 23.2 Å². The van der Waals surface area contributed by atoms with E-state index in [0.29, 0.717) is 24.3 Å². The maximum absolute atomic E-state index is 13.6. The largest absolute Gasteiger partial charge is 0.508 e. The summed E-state index contributed by atoms with van der Waals surface area (Å²) in [5.41, 5.74) is 4.14. The minimum Gasteiger partial charge on any atom is -0.508 e. The van der Waals surface area contributed by atoms with Gasteiger partial charge in [-0.05, 0) is 42.5 Å². The van der Waals surface area contributed by atoms with Gasteiger partial charge in [-0.15, -0.1) is 17.8 Å². The summed E-state index contributed by atoms with van der Waals surface area (Å²) in [5, 5.41) is 17.3. The van der Waals surface area contributed by atoms with Crippen molar-refractivity contribution in [2.75, 3.05) is 13.2 Å². The SMILES string of the molecule is C#CCOc1cc(C(C(=O)N2CCCC2C(=O)NCc2ccc(-c3scnc3C)cc2O)C(C)C)on1. The van der Waals surface area contributed by atoms with Crippen LogP contribution in [-0.4, -0.2) is 51.2 Å². The molecule has 3 aromatic rings. The molecular weight excluding hydrogens is 492 g/mol. The molecule has 0 saturated carbocycles. The van der Waals surface area contributed by atoms with Crippen molar-refractivity contribution in [1.29, 1.82) is 0 Å². The van der Waals surface area contributed by atoms with Crippen LogP contribution in [0.1, 0.15) is 49.6 Å². The number of nitrogens with zero attached hydrogens (tertiary/aromatic N) is 3. The van der Waals surface area contributed by atoms with E-state index in [9.17, 15) is 14.7 Å². The zero-order valence-electron chi connectivity index (χ0n) is 21.1. The zero-order chi connectivity index (χ0) is 26.5. The number of aryl methyl sites for hydroxylation is 1. The van der Waals surface area contributed by atoms with Crippen LogP contribution in [0.15, 0.2) is 34.3 Å². The third kappa shape index (κ3) is 5.78. The lowest BCUT2D eigenvalue weighted by Crippen LogP contribution is -2.47. The average Bonchev–Trinajstić information content (AvgIpc) is 3.63.